The van der Waals surface area contributed by atoms with Gasteiger partial charge in [-0.25, -0.2) is 4.79 Å². The number of Topliss-reactive ketones (excluding diaryl/α,β-unsaturated/α-hetero) is 1. The third kappa shape index (κ3) is 4.40. The van der Waals surface area contributed by atoms with Gasteiger partial charge in [0.25, 0.3) is 0 Å². The molecule has 68 valence electrons. The molecule has 0 spiro atoms. The molecular formula is C6H8O6. The molecule has 0 aliphatic heterocycles. The quantitative estimate of drug-likeness (QED) is 0.457. The third-order valence-electron chi connectivity index (χ3n) is 1.07. The highest BCUT2D eigenvalue weighted by Gasteiger charge is 2.18. The van der Waals surface area contributed by atoms with E-state index < -0.39 is 36.7 Å². The second kappa shape index (κ2) is 4.45. The van der Waals surface area contributed by atoms with Crippen LogP contribution in [0, 0.1) is 0 Å². The van der Waals surface area contributed by atoms with Crippen molar-refractivity contribution in [2.24, 2.45) is 0 Å². The average Bonchev–Trinajstić information content (AvgIpc) is 1.84. The topological polar surface area (TPSA) is 112 Å². The van der Waals surface area contributed by atoms with E-state index in [2.05, 4.69) is 0 Å². The van der Waals surface area contributed by atoms with Gasteiger partial charge in [-0.2, -0.15) is 0 Å². The Balaban J connectivity index is 3.84. The Morgan fingerprint density at radius 3 is 1.92 bits per heavy atom. The third-order valence-corrected chi connectivity index (χ3v) is 1.07. The SMILES string of the molecule is O=C(O)CC(O)CC(=O)C(=O)O. The lowest BCUT2D eigenvalue weighted by molar-refractivity contribution is -0.150. The Kier molecular flexibility index (Phi) is 3.92. The number of carbonyl (C=O) groups excluding carboxylic acids is 1. The van der Waals surface area contributed by atoms with Gasteiger partial charge in [0.05, 0.1) is 12.5 Å². The van der Waals surface area contributed by atoms with Crippen molar-refractivity contribution in [3.8, 4) is 0 Å². The highest BCUT2D eigenvalue weighted by atomic mass is 16.4. The molecule has 0 aromatic rings. The van der Waals surface area contributed by atoms with Crippen molar-refractivity contribution in [1.29, 1.82) is 0 Å². The van der Waals surface area contributed by atoms with E-state index in [1.54, 1.807) is 0 Å². The van der Waals surface area contributed by atoms with Crippen LogP contribution in [0.15, 0.2) is 0 Å². The molecule has 1 unspecified atom stereocenters. The number of aliphatic carboxylic acids is 2. The zero-order chi connectivity index (χ0) is 9.72. The van der Waals surface area contributed by atoms with E-state index >= 15 is 0 Å². The van der Waals surface area contributed by atoms with E-state index in [1.165, 1.54) is 0 Å². The number of hydrogen-bond donors (Lipinski definition) is 3. The predicted molar refractivity (Wildman–Crippen MR) is 35.5 cm³/mol. The van der Waals surface area contributed by atoms with Gasteiger partial charge < -0.3 is 15.3 Å². The van der Waals surface area contributed by atoms with Crippen LogP contribution in [0.2, 0.25) is 0 Å². The van der Waals surface area contributed by atoms with Gasteiger partial charge in [0.2, 0.25) is 5.78 Å². The maximum atomic E-state index is 10.4. The summed E-state index contributed by atoms with van der Waals surface area (Å²) in [6.45, 7) is 0. The summed E-state index contributed by atoms with van der Waals surface area (Å²) in [7, 11) is 0. The van der Waals surface area contributed by atoms with Crippen molar-refractivity contribution in [3.63, 3.8) is 0 Å². The normalized spacial score (nSPS) is 12.1. The number of hydrogen-bond acceptors (Lipinski definition) is 4. The van der Waals surface area contributed by atoms with Crippen LogP contribution >= 0.6 is 0 Å². The Hall–Kier alpha value is -1.43. The van der Waals surface area contributed by atoms with Gasteiger partial charge in [0.15, 0.2) is 0 Å². The molecule has 0 aromatic heterocycles. The minimum atomic E-state index is -1.67. The van der Waals surface area contributed by atoms with Gasteiger partial charge in [-0.1, -0.05) is 0 Å². The van der Waals surface area contributed by atoms with Crippen molar-refractivity contribution in [2.75, 3.05) is 0 Å². The lowest BCUT2D eigenvalue weighted by Gasteiger charge is -2.03. The highest BCUT2D eigenvalue weighted by Crippen LogP contribution is 1.98. The average molecular weight is 176 g/mol. The first kappa shape index (κ1) is 10.6. The van der Waals surface area contributed by atoms with E-state index in [4.69, 9.17) is 15.3 Å². The Morgan fingerprint density at radius 1 is 1.08 bits per heavy atom. The molecule has 0 amide bonds. The lowest BCUT2D eigenvalue weighted by atomic mass is 10.1. The van der Waals surface area contributed by atoms with E-state index in [-0.39, 0.29) is 0 Å². The summed E-state index contributed by atoms with van der Waals surface area (Å²) in [5, 5.41) is 24.9. The minimum absolute atomic E-state index is 0.626. The molecule has 0 bridgehead atoms. The van der Waals surface area contributed by atoms with Gasteiger partial charge in [-0.3, -0.25) is 9.59 Å². The standard InChI is InChI=1S/C6H8O6/c7-3(2-5(9)10)1-4(8)6(11)12/h3,7H,1-2H2,(H,9,10)(H,11,12). The molecule has 3 N–H and O–H groups in total. The fraction of sp³-hybridized carbons (Fsp3) is 0.500. The Labute approximate surface area is 67.4 Å². The van der Waals surface area contributed by atoms with Gasteiger partial charge in [0, 0.05) is 6.42 Å². The summed E-state index contributed by atoms with van der Waals surface area (Å²) in [5.74, 6) is -4.14. The number of aliphatic hydroxyl groups is 1. The van der Waals surface area contributed by atoms with Crippen LogP contribution < -0.4 is 0 Å². The van der Waals surface area contributed by atoms with Gasteiger partial charge in [-0.05, 0) is 0 Å². The second-order valence-electron chi connectivity index (χ2n) is 2.18. The number of carboxylic acids is 2. The second-order valence-corrected chi connectivity index (χ2v) is 2.18. The molecule has 0 saturated heterocycles. The van der Waals surface area contributed by atoms with Crippen molar-refractivity contribution < 1.29 is 29.7 Å². The molecule has 0 aromatic carbocycles. The summed E-state index contributed by atoms with van der Waals surface area (Å²) in [4.78, 5) is 30.2. The molecule has 1 atom stereocenters. The van der Waals surface area contributed by atoms with Crippen LogP contribution in [0.4, 0.5) is 0 Å². The Bertz CT molecular complexity index is 208. The van der Waals surface area contributed by atoms with Gasteiger partial charge >= 0.3 is 11.9 Å². The molecule has 6 heteroatoms. The molecule has 0 saturated carbocycles. The first-order chi connectivity index (χ1) is 5.43. The fourth-order valence-corrected chi connectivity index (χ4v) is 0.575. The molecule has 0 fully saturated rings. The first-order valence-electron chi connectivity index (χ1n) is 3.09. The van der Waals surface area contributed by atoms with E-state index in [1.807, 2.05) is 0 Å². The van der Waals surface area contributed by atoms with Crippen LogP contribution in [0.25, 0.3) is 0 Å². The number of ketones is 1. The maximum Gasteiger partial charge on any atom is 0.372 e. The smallest absolute Gasteiger partial charge is 0.372 e. The Morgan fingerprint density at radius 2 is 1.58 bits per heavy atom. The van der Waals surface area contributed by atoms with Crippen LogP contribution in [0.1, 0.15) is 12.8 Å². The molecule has 0 aliphatic carbocycles. The summed E-state index contributed by atoms with van der Waals surface area (Å²) in [5.41, 5.74) is 0. The minimum Gasteiger partial charge on any atom is -0.481 e. The predicted octanol–water partition coefficient (Wildman–Crippen LogP) is -1.13. The largest absolute Gasteiger partial charge is 0.481 e. The molecule has 0 heterocycles. The molecule has 6 nitrogen and oxygen atoms in total. The summed E-state index contributed by atoms with van der Waals surface area (Å²) in [6, 6.07) is 0. The zero-order valence-electron chi connectivity index (χ0n) is 6.06. The number of carbonyl (C=O) groups is 3. The van der Waals surface area contributed by atoms with Crippen LogP contribution in [-0.4, -0.2) is 39.1 Å². The number of aliphatic hydroxyl groups excluding tert-OH is 1. The van der Waals surface area contributed by atoms with Crippen LogP contribution in [-0.2, 0) is 14.4 Å². The van der Waals surface area contributed by atoms with Crippen molar-refractivity contribution in [1.82, 2.24) is 0 Å². The first-order valence-corrected chi connectivity index (χ1v) is 3.09. The fourth-order valence-electron chi connectivity index (χ4n) is 0.575. The molecule has 0 aliphatic rings. The number of carboxylic acid groups (broad SMARTS) is 2. The monoisotopic (exact) mass is 176 g/mol. The van der Waals surface area contributed by atoms with Gasteiger partial charge in [-0.15, -0.1) is 0 Å². The summed E-state index contributed by atoms with van der Waals surface area (Å²) in [6.07, 6.45) is -2.72. The molecule has 0 radical (unpaired) electrons. The summed E-state index contributed by atoms with van der Waals surface area (Å²) >= 11 is 0. The van der Waals surface area contributed by atoms with Crippen LogP contribution in [0.3, 0.4) is 0 Å². The van der Waals surface area contributed by atoms with Crippen LogP contribution in [0.5, 0.6) is 0 Å². The lowest BCUT2D eigenvalue weighted by Crippen LogP contribution is -2.22. The maximum absolute atomic E-state index is 10.4. The highest BCUT2D eigenvalue weighted by molar-refractivity contribution is 6.32. The van der Waals surface area contributed by atoms with Gasteiger partial charge in [0.1, 0.15) is 0 Å². The van der Waals surface area contributed by atoms with Crippen molar-refractivity contribution >= 4 is 17.7 Å². The van der Waals surface area contributed by atoms with E-state index in [0.717, 1.165) is 0 Å². The van der Waals surface area contributed by atoms with Crippen molar-refractivity contribution in [2.45, 2.75) is 18.9 Å². The number of rotatable bonds is 5. The van der Waals surface area contributed by atoms with Crippen molar-refractivity contribution in [3.05, 3.63) is 0 Å². The van der Waals surface area contributed by atoms with E-state index in [9.17, 15) is 14.4 Å². The molecular weight excluding hydrogens is 168 g/mol. The molecule has 0 rings (SSSR count). The molecule has 12 heavy (non-hydrogen) atoms. The summed E-state index contributed by atoms with van der Waals surface area (Å²) < 4.78 is 0. The zero-order valence-corrected chi connectivity index (χ0v) is 6.06. The van der Waals surface area contributed by atoms with E-state index in [0.29, 0.717) is 0 Å².